The van der Waals surface area contributed by atoms with E-state index in [0.717, 1.165) is 12.1 Å². The number of nitrogens with zero attached hydrogens (tertiary/aromatic N) is 2. The minimum atomic E-state index is -1.61. The van der Waals surface area contributed by atoms with Crippen LogP contribution in [-0.4, -0.2) is 4.92 Å². The van der Waals surface area contributed by atoms with Gasteiger partial charge in [-0.1, -0.05) is 53.8 Å². The van der Waals surface area contributed by atoms with Gasteiger partial charge < -0.3 is 10.2 Å². The maximum Gasteiger partial charge on any atom is 1.00 e. The predicted octanol–water partition coefficient (Wildman–Crippen LogP) is 3.05. The first-order valence-electron chi connectivity index (χ1n) is 5.86. The Morgan fingerprint density at radius 2 is 1.24 bits per heavy atom. The Balaban J connectivity index is -0.000000379. The van der Waals surface area contributed by atoms with Crippen LogP contribution >= 0.6 is 46.4 Å². The summed E-state index contributed by atoms with van der Waals surface area (Å²) in [4.78, 5) is 19.8. The summed E-state index contributed by atoms with van der Waals surface area (Å²) < 4.78 is 49.8. The van der Waals surface area contributed by atoms with E-state index >= 15 is 0 Å². The van der Waals surface area contributed by atoms with Crippen molar-refractivity contribution in [3.05, 3.63) is 76.6 Å². The van der Waals surface area contributed by atoms with Crippen LogP contribution in [0.25, 0.3) is 0 Å². The molecule has 0 aliphatic heterocycles. The second kappa shape index (κ2) is 16.4. The summed E-state index contributed by atoms with van der Waals surface area (Å²) in [5.41, 5.74) is -1.15. The van der Waals surface area contributed by atoms with Crippen molar-refractivity contribution >= 4 is 52.1 Å². The van der Waals surface area contributed by atoms with Crippen LogP contribution in [-0.2, 0) is 4.99 Å². The van der Waals surface area contributed by atoms with Gasteiger partial charge in [-0.3, -0.25) is 10.1 Å². The van der Waals surface area contributed by atoms with Gasteiger partial charge >= 0.3 is 57.1 Å². The number of rotatable bonds is 2. The largest absolute Gasteiger partial charge is 1.00 e. The second-order valence-corrected chi connectivity index (χ2v) is 5.50. The summed E-state index contributed by atoms with van der Waals surface area (Å²) in [5.74, 6) is -5.00. The van der Waals surface area contributed by atoms with Crippen LogP contribution in [0.4, 0.5) is 23.2 Å². The van der Waals surface area contributed by atoms with Crippen LogP contribution in [0.3, 0.4) is 0 Å². The van der Waals surface area contributed by atoms with Crippen molar-refractivity contribution in [1.82, 2.24) is 0 Å². The molecule has 0 saturated heterocycles. The van der Waals surface area contributed by atoms with E-state index in [9.17, 15) is 27.7 Å². The normalized spacial score (nSPS) is 8.72. The van der Waals surface area contributed by atoms with E-state index in [1.165, 1.54) is 5.34 Å². The SMILES string of the molecule is C.Fc1cc(Cl)c(Cl)cc1F.O=NO[O-].O=[N+]([O-])c1c(F)c(F)cc(Cl)c1Cl.[K+]. The van der Waals surface area contributed by atoms with E-state index in [1.807, 2.05) is 0 Å². The third-order valence-corrected chi connectivity index (χ3v) is 3.76. The summed E-state index contributed by atoms with van der Waals surface area (Å²) in [6.07, 6.45) is 0. The molecule has 0 atom stereocenters. The molecule has 29 heavy (non-hydrogen) atoms. The van der Waals surface area contributed by atoms with Crippen LogP contribution in [0.2, 0.25) is 20.1 Å². The van der Waals surface area contributed by atoms with Crippen LogP contribution in [0.15, 0.2) is 23.5 Å². The van der Waals surface area contributed by atoms with E-state index in [0.29, 0.717) is 6.07 Å². The molecular weight excluding hydrogens is 521 g/mol. The van der Waals surface area contributed by atoms with Gasteiger partial charge in [0.25, 0.3) is 0 Å². The van der Waals surface area contributed by atoms with Gasteiger partial charge in [-0.05, 0) is 18.2 Å². The maximum absolute atomic E-state index is 12.7. The monoisotopic (exact) mass is 526 g/mol. The first-order chi connectivity index (χ1) is 12.5. The fourth-order valence-electron chi connectivity index (χ4n) is 1.22. The Hall–Kier alpha value is -0.284. The maximum atomic E-state index is 12.7. The zero-order valence-electron chi connectivity index (χ0n) is 13.2. The van der Waals surface area contributed by atoms with Crippen LogP contribution in [0, 0.1) is 38.3 Å². The average molecular weight is 528 g/mol. The van der Waals surface area contributed by atoms with Crippen molar-refractivity contribution in [2.24, 2.45) is 5.34 Å². The van der Waals surface area contributed by atoms with Crippen molar-refractivity contribution in [2.45, 2.75) is 7.43 Å². The molecule has 7 nitrogen and oxygen atoms in total. The molecule has 0 aliphatic rings. The molecule has 0 bridgehead atoms. The van der Waals surface area contributed by atoms with E-state index in [4.69, 9.17) is 56.6 Å². The first-order valence-corrected chi connectivity index (χ1v) is 7.38. The first kappa shape index (κ1) is 33.4. The fourth-order valence-corrected chi connectivity index (χ4v) is 1.91. The standard InChI is InChI=1S/C6HCl2F2NO2.C6H2Cl2F2.CH4.K.HNO3/c7-2-1-3(9)5(10)6(4(2)8)11(12)13;7-3-1-5(9)6(10)2-4(3)8;;;2-1-4-3/h1H;1-2H;1H4;;3H/q;;;+1;/p-1. The molecule has 0 unspecified atom stereocenters. The van der Waals surface area contributed by atoms with Crippen molar-refractivity contribution in [3.63, 3.8) is 0 Å². The van der Waals surface area contributed by atoms with Gasteiger partial charge in [0.15, 0.2) is 17.5 Å². The molecule has 0 saturated carbocycles. The Kier molecular flexibility index (Phi) is 18.9. The van der Waals surface area contributed by atoms with E-state index in [1.54, 1.807) is 0 Å². The number of nitro benzene ring substituents is 1. The fraction of sp³-hybridized carbons (Fsp3) is 0.0769. The summed E-state index contributed by atoms with van der Waals surface area (Å²) >= 11 is 21.3. The Bertz CT molecular complexity index is 775. The number of nitro groups is 1. The van der Waals surface area contributed by atoms with Crippen LogP contribution < -0.4 is 56.6 Å². The smallest absolute Gasteiger partial charge is 0.635 e. The van der Waals surface area contributed by atoms with Crippen molar-refractivity contribution < 1.29 is 84.1 Å². The van der Waals surface area contributed by atoms with Gasteiger partial charge in [0.1, 0.15) is 10.4 Å². The molecule has 156 valence electrons. The van der Waals surface area contributed by atoms with Crippen molar-refractivity contribution in [1.29, 1.82) is 0 Å². The third-order valence-electron chi connectivity index (χ3n) is 2.26. The van der Waals surface area contributed by atoms with Crippen molar-refractivity contribution in [2.75, 3.05) is 0 Å². The minimum absolute atomic E-state index is 0. The number of halogens is 8. The Morgan fingerprint density at radius 1 is 0.897 bits per heavy atom. The quantitative estimate of drug-likeness (QED) is 0.113. The number of benzene rings is 2. The van der Waals surface area contributed by atoms with Crippen LogP contribution in [0.1, 0.15) is 7.43 Å². The summed E-state index contributed by atoms with van der Waals surface area (Å²) in [7, 11) is 0. The molecule has 2 rings (SSSR count). The van der Waals surface area contributed by atoms with Gasteiger partial charge in [-0.15, -0.1) is 4.91 Å². The summed E-state index contributed by atoms with van der Waals surface area (Å²) in [6.45, 7) is 0. The number of hydrogen-bond donors (Lipinski definition) is 0. The zero-order valence-corrected chi connectivity index (χ0v) is 19.3. The molecular formula is C13H7Cl4F4KN2O5. The molecule has 0 aliphatic carbocycles. The van der Waals surface area contributed by atoms with Gasteiger partial charge in [0, 0.05) is 0 Å². The van der Waals surface area contributed by atoms with E-state index in [-0.39, 0.29) is 68.9 Å². The van der Waals surface area contributed by atoms with Gasteiger partial charge in [-0.25, -0.2) is 13.2 Å². The molecule has 2 aromatic carbocycles. The Labute approximate surface area is 223 Å². The van der Waals surface area contributed by atoms with E-state index < -0.39 is 43.9 Å². The average Bonchev–Trinajstić information content (AvgIpc) is 2.59. The zero-order chi connectivity index (χ0) is 21.3. The molecule has 16 heteroatoms. The summed E-state index contributed by atoms with van der Waals surface area (Å²) in [6, 6.07) is 2.24. The van der Waals surface area contributed by atoms with Gasteiger partial charge in [0.2, 0.25) is 5.82 Å². The number of hydrogen-bond acceptors (Lipinski definition) is 6. The molecule has 0 fully saturated rings. The third kappa shape index (κ3) is 11.1. The summed E-state index contributed by atoms with van der Waals surface area (Å²) in [5, 5.41) is 19.0. The van der Waals surface area contributed by atoms with E-state index in [2.05, 4.69) is 4.99 Å². The Morgan fingerprint density at radius 3 is 1.55 bits per heavy atom. The molecule has 0 heterocycles. The van der Waals surface area contributed by atoms with Crippen molar-refractivity contribution in [3.8, 4) is 0 Å². The molecule has 2 aromatic rings. The molecule has 0 spiro atoms. The molecule has 0 amide bonds. The van der Waals surface area contributed by atoms with Gasteiger partial charge in [0.05, 0.1) is 20.0 Å². The van der Waals surface area contributed by atoms with Crippen LogP contribution in [0.5, 0.6) is 0 Å². The molecule has 0 aromatic heterocycles. The topological polar surface area (TPSA) is 105 Å². The van der Waals surface area contributed by atoms with Gasteiger partial charge in [-0.2, -0.15) is 4.39 Å². The minimum Gasteiger partial charge on any atom is -0.635 e. The predicted molar refractivity (Wildman–Crippen MR) is 93.0 cm³/mol. The molecule has 0 N–H and O–H groups in total. The second-order valence-electron chi connectivity index (χ2n) is 3.90. The molecule has 0 radical (unpaired) electrons.